The molecule has 32 heavy (non-hydrogen) atoms. The maximum atomic E-state index is 10.7. The summed E-state index contributed by atoms with van der Waals surface area (Å²) in [7, 11) is 0. The first-order valence-corrected chi connectivity index (χ1v) is 11.3. The van der Waals surface area contributed by atoms with E-state index < -0.39 is 4.92 Å². The van der Waals surface area contributed by atoms with Gasteiger partial charge in [0.2, 0.25) is 0 Å². The van der Waals surface area contributed by atoms with E-state index in [9.17, 15) is 10.1 Å². The summed E-state index contributed by atoms with van der Waals surface area (Å²) in [5.74, 6) is 6.02. The smallest absolute Gasteiger partial charge is 0.258 e. The van der Waals surface area contributed by atoms with Crippen molar-refractivity contribution in [2.24, 2.45) is 0 Å². The molecule has 0 fully saturated rings. The standard InChI is InChI=1S/C25H29N5O2/c1-2-3-4-5-6-7-8-9-18-29-20-25(27-28-29)24-17-14-22(19-26-24)11-10-21-12-15-23(16-13-21)30(31)32/h12-17,19-20H,2-9,18H2,1H3. The number of non-ortho nitro benzene ring substituents is 1. The van der Waals surface area contributed by atoms with Crippen molar-refractivity contribution < 1.29 is 4.92 Å². The van der Waals surface area contributed by atoms with Crippen molar-refractivity contribution in [3.8, 4) is 23.2 Å². The highest BCUT2D eigenvalue weighted by molar-refractivity contribution is 5.54. The second-order valence-electron chi connectivity index (χ2n) is 7.83. The van der Waals surface area contributed by atoms with Crippen LogP contribution in [0.3, 0.4) is 0 Å². The van der Waals surface area contributed by atoms with E-state index in [0.717, 1.165) is 29.9 Å². The molecule has 7 nitrogen and oxygen atoms in total. The molecular weight excluding hydrogens is 402 g/mol. The topological polar surface area (TPSA) is 86.7 Å². The first-order chi connectivity index (χ1) is 15.7. The average Bonchev–Trinajstić information content (AvgIpc) is 3.29. The number of nitro groups is 1. The van der Waals surface area contributed by atoms with Crippen LogP contribution in [-0.2, 0) is 6.54 Å². The zero-order valence-electron chi connectivity index (χ0n) is 18.5. The van der Waals surface area contributed by atoms with E-state index >= 15 is 0 Å². The fraction of sp³-hybridized carbons (Fsp3) is 0.400. The molecule has 0 bridgehead atoms. The highest BCUT2D eigenvalue weighted by atomic mass is 16.6. The molecule has 2 heterocycles. The number of unbranched alkanes of at least 4 members (excludes halogenated alkanes) is 7. The fourth-order valence-corrected chi connectivity index (χ4v) is 3.36. The minimum absolute atomic E-state index is 0.0528. The Kier molecular flexibility index (Phi) is 8.93. The van der Waals surface area contributed by atoms with Gasteiger partial charge in [-0.25, -0.2) is 0 Å². The van der Waals surface area contributed by atoms with Crippen molar-refractivity contribution in [1.82, 2.24) is 20.0 Å². The first kappa shape index (κ1) is 23.1. The van der Waals surface area contributed by atoms with E-state index in [1.165, 1.54) is 57.1 Å². The lowest BCUT2D eigenvalue weighted by Crippen LogP contribution is -1.98. The third-order valence-corrected chi connectivity index (χ3v) is 5.23. The van der Waals surface area contributed by atoms with Gasteiger partial charge in [-0.1, -0.05) is 68.9 Å². The Hall–Kier alpha value is -3.53. The molecule has 7 heteroatoms. The largest absolute Gasteiger partial charge is 0.269 e. The fourth-order valence-electron chi connectivity index (χ4n) is 3.36. The minimum Gasteiger partial charge on any atom is -0.258 e. The number of nitro benzene ring substituents is 1. The van der Waals surface area contributed by atoms with Crippen LogP contribution in [0.15, 0.2) is 48.8 Å². The molecule has 0 saturated carbocycles. The Morgan fingerprint density at radius 2 is 1.53 bits per heavy atom. The number of aryl methyl sites for hydroxylation is 1. The van der Waals surface area contributed by atoms with Crippen molar-refractivity contribution in [2.45, 2.75) is 64.8 Å². The number of hydrogen-bond donors (Lipinski definition) is 0. The van der Waals surface area contributed by atoms with Gasteiger partial charge in [0.25, 0.3) is 5.69 Å². The molecule has 166 valence electrons. The molecule has 3 aromatic rings. The zero-order valence-corrected chi connectivity index (χ0v) is 18.5. The van der Waals surface area contributed by atoms with Crippen LogP contribution in [0.5, 0.6) is 0 Å². The molecule has 0 saturated heterocycles. The number of rotatable bonds is 11. The SMILES string of the molecule is CCCCCCCCCCn1cc(-c2ccc(C#Cc3ccc([N+](=O)[O-])cc3)cn2)nn1. The summed E-state index contributed by atoms with van der Waals surface area (Å²) < 4.78 is 1.89. The van der Waals surface area contributed by atoms with Gasteiger partial charge in [0.05, 0.1) is 16.8 Å². The molecule has 0 aliphatic rings. The second kappa shape index (κ2) is 12.4. The lowest BCUT2D eigenvalue weighted by atomic mass is 10.1. The number of nitrogens with zero attached hydrogens (tertiary/aromatic N) is 5. The number of pyridine rings is 1. The summed E-state index contributed by atoms with van der Waals surface area (Å²) in [6.07, 6.45) is 13.9. The Morgan fingerprint density at radius 1 is 0.875 bits per heavy atom. The van der Waals surface area contributed by atoms with Crippen molar-refractivity contribution in [3.63, 3.8) is 0 Å². The maximum absolute atomic E-state index is 10.7. The molecule has 1 aromatic carbocycles. The third-order valence-electron chi connectivity index (χ3n) is 5.23. The molecule has 2 aromatic heterocycles. The predicted octanol–water partition coefficient (Wildman–Crippen LogP) is 5.79. The van der Waals surface area contributed by atoms with Crippen molar-refractivity contribution >= 4 is 5.69 Å². The van der Waals surface area contributed by atoms with Gasteiger partial charge >= 0.3 is 0 Å². The number of hydrogen-bond acceptors (Lipinski definition) is 5. The predicted molar refractivity (Wildman–Crippen MR) is 125 cm³/mol. The monoisotopic (exact) mass is 431 g/mol. The first-order valence-electron chi connectivity index (χ1n) is 11.3. The summed E-state index contributed by atoms with van der Waals surface area (Å²) in [5.41, 5.74) is 3.03. The molecule has 0 aliphatic heterocycles. The summed E-state index contributed by atoms with van der Waals surface area (Å²) in [5, 5.41) is 19.2. The van der Waals surface area contributed by atoms with E-state index in [1.54, 1.807) is 18.3 Å². The van der Waals surface area contributed by atoms with Gasteiger partial charge in [0.1, 0.15) is 5.69 Å². The number of benzene rings is 1. The van der Waals surface area contributed by atoms with Gasteiger partial charge < -0.3 is 0 Å². The Morgan fingerprint density at radius 3 is 2.19 bits per heavy atom. The molecule has 0 unspecified atom stereocenters. The molecule has 0 aliphatic carbocycles. The molecule has 0 radical (unpaired) electrons. The van der Waals surface area contributed by atoms with Crippen LogP contribution < -0.4 is 0 Å². The van der Waals surface area contributed by atoms with Gasteiger partial charge in [-0.3, -0.25) is 19.8 Å². The van der Waals surface area contributed by atoms with Gasteiger partial charge in [0.15, 0.2) is 0 Å². The van der Waals surface area contributed by atoms with E-state index in [-0.39, 0.29) is 5.69 Å². The van der Waals surface area contributed by atoms with E-state index in [1.807, 2.05) is 23.0 Å². The van der Waals surface area contributed by atoms with Crippen LogP contribution in [0.4, 0.5) is 5.69 Å². The molecule has 0 spiro atoms. The lowest BCUT2D eigenvalue weighted by molar-refractivity contribution is -0.384. The van der Waals surface area contributed by atoms with Crippen LogP contribution in [0.25, 0.3) is 11.4 Å². The van der Waals surface area contributed by atoms with E-state index in [4.69, 9.17) is 0 Å². The van der Waals surface area contributed by atoms with Gasteiger partial charge in [0, 0.05) is 36.0 Å². The Bertz CT molecular complexity index is 1050. The quantitative estimate of drug-likeness (QED) is 0.166. The van der Waals surface area contributed by atoms with Gasteiger partial charge in [-0.2, -0.15) is 0 Å². The van der Waals surface area contributed by atoms with Crippen LogP contribution in [0.2, 0.25) is 0 Å². The maximum Gasteiger partial charge on any atom is 0.269 e. The van der Waals surface area contributed by atoms with Crippen LogP contribution >= 0.6 is 0 Å². The molecule has 3 rings (SSSR count). The normalized spacial score (nSPS) is 10.5. The van der Waals surface area contributed by atoms with Crippen LogP contribution in [0.1, 0.15) is 69.4 Å². The summed E-state index contributed by atoms with van der Waals surface area (Å²) >= 11 is 0. The summed E-state index contributed by atoms with van der Waals surface area (Å²) in [4.78, 5) is 14.7. The molecule has 0 N–H and O–H groups in total. The van der Waals surface area contributed by atoms with E-state index in [0.29, 0.717) is 5.56 Å². The third kappa shape index (κ3) is 7.31. The molecular formula is C25H29N5O2. The van der Waals surface area contributed by atoms with Gasteiger partial charge in [-0.05, 0) is 30.7 Å². The second-order valence-corrected chi connectivity index (χ2v) is 7.83. The average molecular weight is 432 g/mol. The van der Waals surface area contributed by atoms with Crippen molar-refractivity contribution in [1.29, 1.82) is 0 Å². The Balaban J connectivity index is 1.47. The van der Waals surface area contributed by atoms with Crippen LogP contribution in [0, 0.1) is 22.0 Å². The molecule has 0 atom stereocenters. The zero-order chi connectivity index (χ0) is 22.6. The van der Waals surface area contributed by atoms with E-state index in [2.05, 4.69) is 34.1 Å². The minimum atomic E-state index is -0.425. The van der Waals surface area contributed by atoms with Gasteiger partial charge in [-0.15, -0.1) is 5.10 Å². The highest BCUT2D eigenvalue weighted by Crippen LogP contribution is 2.15. The van der Waals surface area contributed by atoms with Crippen molar-refractivity contribution in [2.75, 3.05) is 0 Å². The Labute approximate surface area is 189 Å². The summed E-state index contributed by atoms with van der Waals surface area (Å²) in [6.45, 7) is 3.12. The lowest BCUT2D eigenvalue weighted by Gasteiger charge is -2.01. The summed E-state index contributed by atoms with van der Waals surface area (Å²) in [6, 6.07) is 9.93. The highest BCUT2D eigenvalue weighted by Gasteiger charge is 2.06. The van der Waals surface area contributed by atoms with Crippen LogP contribution in [-0.4, -0.2) is 24.9 Å². The van der Waals surface area contributed by atoms with Crippen molar-refractivity contribution in [3.05, 3.63) is 70.0 Å². The molecule has 0 amide bonds. The number of aromatic nitrogens is 4.